The number of imide groups is 1. The van der Waals surface area contributed by atoms with Crippen LogP contribution in [-0.2, 0) is 4.79 Å². The van der Waals surface area contributed by atoms with Gasteiger partial charge in [0.1, 0.15) is 5.54 Å². The molecule has 1 aliphatic carbocycles. The lowest BCUT2D eigenvalue weighted by molar-refractivity contribution is -0.136. The van der Waals surface area contributed by atoms with Crippen LogP contribution in [-0.4, -0.2) is 59.0 Å². The van der Waals surface area contributed by atoms with E-state index in [0.29, 0.717) is 31.0 Å². The van der Waals surface area contributed by atoms with Crippen LogP contribution in [0.1, 0.15) is 68.8 Å². The topological polar surface area (TPSA) is 81.8 Å². The molecule has 2 aliphatic heterocycles. The Morgan fingerprint density at radius 1 is 1.16 bits per heavy atom. The summed E-state index contributed by atoms with van der Waals surface area (Å²) in [6.07, 6.45) is 4.08. The molecule has 2 saturated heterocycles. The Morgan fingerprint density at radius 2 is 1.84 bits per heavy atom. The standard InChI is InChI=1S/C25H36N4O3/c1-17-13-24(3,4)15-25(14-17)22(31)29(23(32)27-25)16-28-11-9-19(10-12-28)26-21(30)20-8-6-5-7-18(20)2/h5-8,17,19H,9-16H2,1-4H3,(H,26,30)(H,27,32). The van der Waals surface area contributed by atoms with Crippen molar-refractivity contribution in [1.82, 2.24) is 20.4 Å². The molecule has 32 heavy (non-hydrogen) atoms. The van der Waals surface area contributed by atoms with Crippen LogP contribution in [0.4, 0.5) is 4.79 Å². The maximum Gasteiger partial charge on any atom is 0.326 e. The third kappa shape index (κ3) is 4.53. The number of nitrogens with one attached hydrogen (secondary N) is 2. The lowest BCUT2D eigenvalue weighted by atomic mass is 9.64. The Labute approximate surface area is 190 Å². The number of urea groups is 1. The van der Waals surface area contributed by atoms with Crippen LogP contribution in [0.2, 0.25) is 0 Å². The summed E-state index contributed by atoms with van der Waals surface area (Å²) in [5.74, 6) is 0.291. The number of amides is 4. The average Bonchev–Trinajstić information content (AvgIpc) is 2.91. The summed E-state index contributed by atoms with van der Waals surface area (Å²) in [6.45, 7) is 10.3. The molecular weight excluding hydrogens is 404 g/mol. The van der Waals surface area contributed by atoms with Gasteiger partial charge in [0.25, 0.3) is 11.8 Å². The number of carbonyl (C=O) groups excluding carboxylic acids is 3. The first-order valence-electron chi connectivity index (χ1n) is 11.8. The molecule has 1 spiro atoms. The van der Waals surface area contributed by atoms with Crippen LogP contribution >= 0.6 is 0 Å². The lowest BCUT2D eigenvalue weighted by Crippen LogP contribution is -2.54. The predicted molar refractivity (Wildman–Crippen MR) is 123 cm³/mol. The molecule has 1 aromatic carbocycles. The highest BCUT2D eigenvalue weighted by Crippen LogP contribution is 2.46. The molecule has 0 bridgehead atoms. The van der Waals surface area contributed by atoms with E-state index < -0.39 is 5.54 Å². The normalized spacial score (nSPS) is 28.8. The molecule has 174 valence electrons. The van der Waals surface area contributed by atoms with Crippen molar-refractivity contribution in [1.29, 1.82) is 0 Å². The molecule has 1 aromatic rings. The van der Waals surface area contributed by atoms with Gasteiger partial charge in [-0.25, -0.2) is 9.69 Å². The van der Waals surface area contributed by atoms with Crippen LogP contribution in [0.15, 0.2) is 24.3 Å². The van der Waals surface area contributed by atoms with Crippen molar-refractivity contribution < 1.29 is 14.4 Å². The van der Waals surface area contributed by atoms with Gasteiger partial charge in [-0.05, 0) is 62.0 Å². The van der Waals surface area contributed by atoms with Crippen LogP contribution in [0.5, 0.6) is 0 Å². The fourth-order valence-corrected chi connectivity index (χ4v) is 6.14. The summed E-state index contributed by atoms with van der Waals surface area (Å²) in [4.78, 5) is 42.3. The SMILES string of the molecule is Cc1ccccc1C(=O)NC1CCN(CN2C(=O)NC3(CC(C)CC(C)(C)C3)C2=O)CC1. The van der Waals surface area contributed by atoms with E-state index in [0.717, 1.165) is 37.9 Å². The van der Waals surface area contributed by atoms with E-state index in [1.807, 2.05) is 31.2 Å². The van der Waals surface area contributed by atoms with E-state index in [1.165, 1.54) is 4.90 Å². The van der Waals surface area contributed by atoms with Gasteiger partial charge in [0.05, 0.1) is 6.67 Å². The minimum absolute atomic E-state index is 0.0320. The van der Waals surface area contributed by atoms with E-state index in [1.54, 1.807) is 0 Å². The Bertz CT molecular complexity index is 906. The zero-order valence-electron chi connectivity index (χ0n) is 19.7. The summed E-state index contributed by atoms with van der Waals surface area (Å²) >= 11 is 0. The summed E-state index contributed by atoms with van der Waals surface area (Å²) in [5.41, 5.74) is 0.960. The Hall–Kier alpha value is -2.41. The van der Waals surface area contributed by atoms with E-state index in [4.69, 9.17) is 0 Å². The monoisotopic (exact) mass is 440 g/mol. The average molecular weight is 441 g/mol. The van der Waals surface area contributed by atoms with E-state index in [-0.39, 0.29) is 29.3 Å². The highest BCUT2D eigenvalue weighted by molar-refractivity contribution is 6.07. The second kappa shape index (κ2) is 8.50. The molecule has 2 unspecified atom stereocenters. The van der Waals surface area contributed by atoms with E-state index >= 15 is 0 Å². The highest BCUT2D eigenvalue weighted by atomic mass is 16.2. The van der Waals surface area contributed by atoms with E-state index in [2.05, 4.69) is 36.3 Å². The van der Waals surface area contributed by atoms with Crippen molar-refractivity contribution in [2.75, 3.05) is 19.8 Å². The first-order chi connectivity index (χ1) is 15.1. The van der Waals surface area contributed by atoms with Crippen molar-refractivity contribution in [3.8, 4) is 0 Å². The first kappa shape index (κ1) is 22.8. The van der Waals surface area contributed by atoms with Crippen LogP contribution in [0.3, 0.4) is 0 Å². The minimum atomic E-state index is -0.752. The van der Waals surface area contributed by atoms with Crippen LogP contribution in [0.25, 0.3) is 0 Å². The number of nitrogens with zero attached hydrogens (tertiary/aromatic N) is 2. The largest absolute Gasteiger partial charge is 0.349 e. The van der Waals surface area contributed by atoms with Gasteiger partial charge in [-0.15, -0.1) is 0 Å². The zero-order valence-corrected chi connectivity index (χ0v) is 19.7. The second-order valence-electron chi connectivity index (χ2n) is 10.9. The molecule has 1 saturated carbocycles. The number of likely N-dealkylation sites (tertiary alicyclic amines) is 1. The van der Waals surface area contributed by atoms with E-state index in [9.17, 15) is 14.4 Å². The van der Waals surface area contributed by atoms with Gasteiger partial charge in [0, 0.05) is 24.7 Å². The number of carbonyl (C=O) groups is 3. The maximum atomic E-state index is 13.4. The first-order valence-corrected chi connectivity index (χ1v) is 11.8. The predicted octanol–water partition coefficient (Wildman–Crippen LogP) is 3.28. The van der Waals surface area contributed by atoms with Crippen molar-refractivity contribution in [2.24, 2.45) is 11.3 Å². The number of hydrogen-bond acceptors (Lipinski definition) is 4. The Kier molecular flexibility index (Phi) is 6.05. The van der Waals surface area contributed by atoms with Crippen LogP contribution < -0.4 is 10.6 Å². The van der Waals surface area contributed by atoms with Gasteiger partial charge < -0.3 is 10.6 Å². The van der Waals surface area contributed by atoms with Crippen molar-refractivity contribution >= 4 is 17.8 Å². The fourth-order valence-electron chi connectivity index (χ4n) is 6.14. The van der Waals surface area contributed by atoms with Crippen LogP contribution in [0, 0.1) is 18.3 Å². The minimum Gasteiger partial charge on any atom is -0.349 e. The number of piperidine rings is 1. The molecule has 4 amide bonds. The number of aryl methyl sites for hydroxylation is 1. The smallest absolute Gasteiger partial charge is 0.326 e. The second-order valence-corrected chi connectivity index (χ2v) is 10.9. The Morgan fingerprint density at radius 3 is 2.50 bits per heavy atom. The van der Waals surface area contributed by atoms with Gasteiger partial charge in [-0.3, -0.25) is 14.5 Å². The molecule has 0 aromatic heterocycles. The molecule has 7 nitrogen and oxygen atoms in total. The summed E-state index contributed by atoms with van der Waals surface area (Å²) in [5, 5.41) is 6.20. The Balaban J connectivity index is 1.32. The molecular formula is C25H36N4O3. The van der Waals surface area contributed by atoms with Gasteiger partial charge >= 0.3 is 6.03 Å². The lowest BCUT2D eigenvalue weighted by Gasteiger charge is -2.44. The summed E-state index contributed by atoms with van der Waals surface area (Å²) in [6, 6.07) is 7.43. The molecule has 3 fully saturated rings. The molecule has 3 aliphatic rings. The number of benzene rings is 1. The molecule has 7 heteroatoms. The molecule has 2 atom stereocenters. The van der Waals surface area contributed by atoms with Gasteiger partial charge in [-0.1, -0.05) is 39.0 Å². The van der Waals surface area contributed by atoms with Gasteiger partial charge in [-0.2, -0.15) is 0 Å². The number of rotatable bonds is 4. The fraction of sp³-hybridized carbons (Fsp3) is 0.640. The third-order valence-electron chi connectivity index (χ3n) is 7.28. The molecule has 0 radical (unpaired) electrons. The summed E-state index contributed by atoms with van der Waals surface area (Å²) < 4.78 is 0. The van der Waals surface area contributed by atoms with Gasteiger partial charge in [0.2, 0.25) is 0 Å². The molecule has 4 rings (SSSR count). The molecule has 2 heterocycles. The van der Waals surface area contributed by atoms with Crippen molar-refractivity contribution in [3.05, 3.63) is 35.4 Å². The molecule has 2 N–H and O–H groups in total. The zero-order chi connectivity index (χ0) is 23.1. The van der Waals surface area contributed by atoms with Crippen molar-refractivity contribution in [3.63, 3.8) is 0 Å². The highest BCUT2D eigenvalue weighted by Gasteiger charge is 2.56. The van der Waals surface area contributed by atoms with Gasteiger partial charge in [0.15, 0.2) is 0 Å². The number of hydrogen-bond donors (Lipinski definition) is 2. The quantitative estimate of drug-likeness (QED) is 0.704. The third-order valence-corrected chi connectivity index (χ3v) is 7.28. The summed E-state index contributed by atoms with van der Waals surface area (Å²) in [7, 11) is 0. The van der Waals surface area contributed by atoms with Crippen molar-refractivity contribution in [2.45, 2.75) is 71.4 Å². The maximum absolute atomic E-state index is 13.4.